The molecule has 7 nitrogen and oxygen atoms in total. The summed E-state index contributed by atoms with van der Waals surface area (Å²) in [6.07, 6.45) is 0. The minimum Gasteiger partial charge on any atom is -0.497 e. The molecule has 1 atom stereocenters. The van der Waals surface area contributed by atoms with Crippen LogP contribution in [-0.2, 0) is 4.79 Å². The number of benzene rings is 2. The van der Waals surface area contributed by atoms with E-state index in [9.17, 15) is 9.59 Å². The lowest BCUT2D eigenvalue weighted by atomic mass is 10.0. The SMILES string of the molecule is COc1ccc(OC)c(-c2csc(NC(=O)[C@H](NC(=O)c3ccc(C)cc3)C(C)C)n2)c1. The Morgan fingerprint density at radius 2 is 1.75 bits per heavy atom. The van der Waals surface area contributed by atoms with Crippen molar-refractivity contribution in [2.75, 3.05) is 19.5 Å². The number of aromatic nitrogens is 1. The number of hydrogen-bond donors (Lipinski definition) is 2. The second-order valence-corrected chi connectivity index (χ2v) is 8.51. The first-order valence-corrected chi connectivity index (χ1v) is 11.1. The molecule has 0 spiro atoms. The van der Waals surface area contributed by atoms with Crippen LogP contribution in [0.15, 0.2) is 47.8 Å². The van der Waals surface area contributed by atoms with Crippen molar-refractivity contribution in [2.24, 2.45) is 5.92 Å². The molecule has 0 fully saturated rings. The maximum atomic E-state index is 12.9. The molecular weight excluding hydrogens is 426 g/mol. The fourth-order valence-electron chi connectivity index (χ4n) is 3.12. The lowest BCUT2D eigenvalue weighted by Crippen LogP contribution is -2.47. The molecule has 32 heavy (non-hydrogen) atoms. The Morgan fingerprint density at radius 1 is 1.03 bits per heavy atom. The molecule has 0 aliphatic carbocycles. The summed E-state index contributed by atoms with van der Waals surface area (Å²) in [6.45, 7) is 5.72. The van der Waals surface area contributed by atoms with Crippen LogP contribution in [0.3, 0.4) is 0 Å². The number of amides is 2. The molecule has 0 saturated carbocycles. The Kier molecular flexibility index (Phi) is 7.48. The van der Waals surface area contributed by atoms with Crippen LogP contribution in [0, 0.1) is 12.8 Å². The lowest BCUT2D eigenvalue weighted by molar-refractivity contribution is -0.118. The second kappa shape index (κ2) is 10.3. The maximum Gasteiger partial charge on any atom is 0.251 e. The standard InChI is InChI=1S/C24H27N3O4S/c1-14(2)21(26-22(28)16-8-6-15(3)7-9-16)23(29)27-24-25-19(13-32-24)18-12-17(30-4)10-11-20(18)31-5/h6-14,21H,1-5H3,(H,26,28)(H,25,27,29)/t21-/m1/s1. The first-order chi connectivity index (χ1) is 15.3. The normalized spacial score (nSPS) is 11.7. The first kappa shape index (κ1) is 23.3. The average Bonchev–Trinajstić information content (AvgIpc) is 3.25. The minimum atomic E-state index is -0.706. The summed E-state index contributed by atoms with van der Waals surface area (Å²) in [4.78, 5) is 30.1. The molecule has 1 aromatic heterocycles. The molecule has 3 aromatic rings. The topological polar surface area (TPSA) is 89.5 Å². The number of carbonyl (C=O) groups excluding carboxylic acids is 2. The zero-order valence-corrected chi connectivity index (χ0v) is 19.6. The summed E-state index contributed by atoms with van der Waals surface area (Å²) in [7, 11) is 3.18. The van der Waals surface area contributed by atoms with E-state index in [0.29, 0.717) is 27.9 Å². The van der Waals surface area contributed by atoms with Gasteiger partial charge < -0.3 is 20.1 Å². The van der Waals surface area contributed by atoms with Crippen LogP contribution >= 0.6 is 11.3 Å². The van der Waals surface area contributed by atoms with Crippen molar-refractivity contribution >= 4 is 28.3 Å². The average molecular weight is 454 g/mol. The van der Waals surface area contributed by atoms with Crippen LogP contribution in [0.25, 0.3) is 11.3 Å². The summed E-state index contributed by atoms with van der Waals surface area (Å²) in [5.41, 5.74) is 2.99. The number of carbonyl (C=O) groups is 2. The molecule has 0 radical (unpaired) electrons. The third-order valence-corrected chi connectivity index (χ3v) is 5.72. The van der Waals surface area contributed by atoms with Gasteiger partial charge in [-0.1, -0.05) is 31.5 Å². The highest BCUT2D eigenvalue weighted by atomic mass is 32.1. The van der Waals surface area contributed by atoms with Gasteiger partial charge >= 0.3 is 0 Å². The summed E-state index contributed by atoms with van der Waals surface area (Å²) in [5.74, 6) is 0.610. The van der Waals surface area contributed by atoms with E-state index >= 15 is 0 Å². The van der Waals surface area contributed by atoms with E-state index in [4.69, 9.17) is 9.47 Å². The van der Waals surface area contributed by atoms with E-state index in [1.165, 1.54) is 11.3 Å². The molecular formula is C24H27N3O4S. The fourth-order valence-corrected chi connectivity index (χ4v) is 3.83. The molecule has 0 aliphatic heterocycles. The lowest BCUT2D eigenvalue weighted by Gasteiger charge is -2.21. The van der Waals surface area contributed by atoms with Crippen LogP contribution in [0.4, 0.5) is 5.13 Å². The highest BCUT2D eigenvalue weighted by Gasteiger charge is 2.25. The highest BCUT2D eigenvalue weighted by Crippen LogP contribution is 2.35. The largest absolute Gasteiger partial charge is 0.497 e. The van der Waals surface area contributed by atoms with E-state index in [0.717, 1.165) is 11.1 Å². The highest BCUT2D eigenvalue weighted by molar-refractivity contribution is 7.14. The third kappa shape index (κ3) is 5.45. The molecule has 0 unspecified atom stereocenters. The van der Waals surface area contributed by atoms with Gasteiger partial charge in [-0.05, 0) is 43.2 Å². The Balaban J connectivity index is 1.75. The molecule has 3 rings (SSSR count). The van der Waals surface area contributed by atoms with E-state index < -0.39 is 6.04 Å². The number of rotatable bonds is 8. The van der Waals surface area contributed by atoms with Crippen molar-refractivity contribution in [3.05, 3.63) is 59.0 Å². The molecule has 2 aromatic carbocycles. The zero-order valence-electron chi connectivity index (χ0n) is 18.8. The summed E-state index contributed by atoms with van der Waals surface area (Å²) < 4.78 is 10.7. The molecule has 1 heterocycles. The molecule has 0 bridgehead atoms. The van der Waals surface area contributed by atoms with E-state index in [1.807, 2.05) is 44.4 Å². The number of methoxy groups -OCH3 is 2. The number of anilines is 1. The monoisotopic (exact) mass is 453 g/mol. The number of thiazole rings is 1. The molecule has 2 amide bonds. The van der Waals surface area contributed by atoms with Crippen molar-refractivity contribution in [3.63, 3.8) is 0 Å². The maximum absolute atomic E-state index is 12.9. The van der Waals surface area contributed by atoms with Crippen LogP contribution in [0.1, 0.15) is 29.8 Å². The van der Waals surface area contributed by atoms with Gasteiger partial charge in [0.1, 0.15) is 17.5 Å². The number of nitrogens with zero attached hydrogens (tertiary/aromatic N) is 1. The van der Waals surface area contributed by atoms with Gasteiger partial charge in [0.2, 0.25) is 5.91 Å². The van der Waals surface area contributed by atoms with Gasteiger partial charge in [-0.15, -0.1) is 11.3 Å². The number of ether oxygens (including phenoxy) is 2. The van der Waals surface area contributed by atoms with Crippen molar-refractivity contribution in [1.29, 1.82) is 0 Å². The van der Waals surface area contributed by atoms with E-state index in [-0.39, 0.29) is 17.7 Å². The van der Waals surface area contributed by atoms with Crippen molar-refractivity contribution < 1.29 is 19.1 Å². The Labute approximate surface area is 191 Å². The van der Waals surface area contributed by atoms with Crippen molar-refractivity contribution in [3.8, 4) is 22.8 Å². The van der Waals surface area contributed by atoms with Gasteiger partial charge in [-0.2, -0.15) is 0 Å². The number of hydrogen-bond acceptors (Lipinski definition) is 6. The Morgan fingerprint density at radius 3 is 2.38 bits per heavy atom. The molecule has 8 heteroatoms. The van der Waals surface area contributed by atoms with Crippen LogP contribution in [-0.4, -0.2) is 37.1 Å². The number of aryl methyl sites for hydroxylation is 1. The zero-order chi connectivity index (χ0) is 23.3. The second-order valence-electron chi connectivity index (χ2n) is 7.65. The smallest absolute Gasteiger partial charge is 0.251 e. The fraction of sp³-hybridized carbons (Fsp3) is 0.292. The predicted octanol–water partition coefficient (Wildman–Crippen LogP) is 4.53. The molecule has 168 valence electrons. The molecule has 2 N–H and O–H groups in total. The van der Waals surface area contributed by atoms with Gasteiger partial charge in [0.05, 0.1) is 19.9 Å². The summed E-state index contributed by atoms with van der Waals surface area (Å²) in [5, 5.41) is 7.93. The van der Waals surface area contributed by atoms with Gasteiger partial charge in [0, 0.05) is 16.5 Å². The Hall–Kier alpha value is -3.39. The van der Waals surface area contributed by atoms with Gasteiger partial charge in [-0.25, -0.2) is 4.98 Å². The first-order valence-electron chi connectivity index (χ1n) is 10.2. The quantitative estimate of drug-likeness (QED) is 0.523. The summed E-state index contributed by atoms with van der Waals surface area (Å²) >= 11 is 1.30. The van der Waals surface area contributed by atoms with Gasteiger partial charge in [0.25, 0.3) is 5.91 Å². The van der Waals surface area contributed by atoms with Crippen LogP contribution < -0.4 is 20.1 Å². The van der Waals surface area contributed by atoms with Crippen molar-refractivity contribution in [2.45, 2.75) is 26.8 Å². The minimum absolute atomic E-state index is 0.109. The predicted molar refractivity (Wildman–Crippen MR) is 127 cm³/mol. The van der Waals surface area contributed by atoms with Crippen LogP contribution in [0.5, 0.6) is 11.5 Å². The van der Waals surface area contributed by atoms with Crippen LogP contribution in [0.2, 0.25) is 0 Å². The van der Waals surface area contributed by atoms with Gasteiger partial charge in [0.15, 0.2) is 5.13 Å². The molecule has 0 aliphatic rings. The van der Waals surface area contributed by atoms with Crippen molar-refractivity contribution in [1.82, 2.24) is 10.3 Å². The number of nitrogens with one attached hydrogen (secondary N) is 2. The third-order valence-electron chi connectivity index (χ3n) is 4.97. The van der Waals surface area contributed by atoms with E-state index in [2.05, 4.69) is 15.6 Å². The van der Waals surface area contributed by atoms with Gasteiger partial charge in [-0.3, -0.25) is 9.59 Å². The summed E-state index contributed by atoms with van der Waals surface area (Å²) in [6, 6.07) is 12.0. The van der Waals surface area contributed by atoms with E-state index in [1.54, 1.807) is 38.5 Å². The molecule has 0 saturated heterocycles. The Bertz CT molecular complexity index is 1090.